The van der Waals surface area contributed by atoms with Crippen LogP contribution in [0.1, 0.15) is 15.9 Å². The first kappa shape index (κ1) is 22.3. The summed E-state index contributed by atoms with van der Waals surface area (Å²) in [5, 5.41) is 61.9. The van der Waals surface area contributed by atoms with Gasteiger partial charge in [0.2, 0.25) is 6.29 Å². The number of hydrogen-bond acceptors (Lipinski definition) is 9. The summed E-state index contributed by atoms with van der Waals surface area (Å²) in [6, 6.07) is 11.2. The first-order valence-corrected chi connectivity index (χ1v) is 10.6. The summed E-state index contributed by atoms with van der Waals surface area (Å²) < 4.78 is 11.2. The molecule has 0 bridgehead atoms. The van der Waals surface area contributed by atoms with E-state index >= 15 is 0 Å². The van der Waals surface area contributed by atoms with Gasteiger partial charge in [-0.1, -0.05) is 24.3 Å². The van der Waals surface area contributed by atoms with Crippen LogP contribution in [0.15, 0.2) is 48.5 Å². The van der Waals surface area contributed by atoms with Gasteiger partial charge in [-0.2, -0.15) is 0 Å². The van der Waals surface area contributed by atoms with Gasteiger partial charge >= 0.3 is 0 Å². The largest absolute Gasteiger partial charge is 0.507 e. The molecule has 5 atom stereocenters. The van der Waals surface area contributed by atoms with E-state index in [-0.39, 0.29) is 23.0 Å². The standard InChI is InChI=1S/C25H22O9/c26-10-19-21(30)22(31)23(32)25(33-19)34-24-15-8-12(13-3-1-2-4-16(13)27)7-14-17(28)6-5-11(20(14)15)9-18(24)29/h1-9,19,21-23,25-27,29-32H,10H2/t19-,21-,22+,23-,25+/m1/s1. The third-order valence-corrected chi connectivity index (χ3v) is 6.17. The fraction of sp³-hybridized carbons (Fsp3) is 0.240. The number of aromatic hydroxyl groups is 2. The summed E-state index contributed by atoms with van der Waals surface area (Å²) >= 11 is 0. The molecular weight excluding hydrogens is 444 g/mol. The number of phenols is 2. The second-order valence-electron chi connectivity index (χ2n) is 8.29. The number of carbonyl (C=O) groups is 1. The summed E-state index contributed by atoms with van der Waals surface area (Å²) in [5.41, 5.74) is 1.82. The zero-order chi connectivity index (χ0) is 24.1. The molecule has 1 heterocycles. The molecule has 9 nitrogen and oxygen atoms in total. The van der Waals surface area contributed by atoms with E-state index in [1.54, 1.807) is 36.4 Å². The number of allylic oxidation sites excluding steroid dienone is 1. The Kier molecular flexibility index (Phi) is 5.51. The molecule has 0 spiro atoms. The van der Waals surface area contributed by atoms with Crippen molar-refractivity contribution in [1.82, 2.24) is 0 Å². The Morgan fingerprint density at radius 1 is 0.882 bits per heavy atom. The van der Waals surface area contributed by atoms with Gasteiger partial charge in [0.25, 0.3) is 0 Å². The van der Waals surface area contributed by atoms with E-state index in [1.165, 1.54) is 18.2 Å². The number of ether oxygens (including phenoxy) is 2. The molecule has 0 unspecified atom stereocenters. The Hall–Kier alpha value is -3.47. The highest BCUT2D eigenvalue weighted by Gasteiger charge is 2.45. The van der Waals surface area contributed by atoms with Gasteiger partial charge < -0.3 is 40.1 Å². The van der Waals surface area contributed by atoms with Crippen molar-refractivity contribution < 1.29 is 44.9 Å². The minimum absolute atomic E-state index is 0.00960. The lowest BCUT2D eigenvalue weighted by molar-refractivity contribution is -0.277. The number of ketones is 1. The predicted molar refractivity (Wildman–Crippen MR) is 120 cm³/mol. The Morgan fingerprint density at radius 2 is 1.65 bits per heavy atom. The van der Waals surface area contributed by atoms with Crippen LogP contribution in [0.5, 0.6) is 17.2 Å². The van der Waals surface area contributed by atoms with Crippen molar-refractivity contribution in [3.05, 3.63) is 59.7 Å². The third kappa shape index (κ3) is 3.51. The van der Waals surface area contributed by atoms with Crippen LogP contribution in [0, 0.1) is 0 Å². The topological polar surface area (TPSA) is 157 Å². The average molecular weight is 466 g/mol. The number of rotatable bonds is 4. The molecule has 9 heteroatoms. The van der Waals surface area contributed by atoms with Crippen molar-refractivity contribution in [1.29, 1.82) is 0 Å². The van der Waals surface area contributed by atoms with E-state index in [1.807, 2.05) is 0 Å². The van der Waals surface area contributed by atoms with Gasteiger partial charge in [-0.15, -0.1) is 0 Å². The van der Waals surface area contributed by atoms with Gasteiger partial charge in [0.15, 0.2) is 17.3 Å². The van der Waals surface area contributed by atoms with Gasteiger partial charge in [-0.05, 0) is 41.5 Å². The summed E-state index contributed by atoms with van der Waals surface area (Å²) in [7, 11) is 0. The highest BCUT2D eigenvalue weighted by atomic mass is 16.7. The van der Waals surface area contributed by atoms with Crippen molar-refractivity contribution in [2.75, 3.05) is 6.61 Å². The maximum Gasteiger partial charge on any atom is 0.229 e. The SMILES string of the molecule is O=C1C=Cc2cc(O)c(O[C@@H]3O[C@H](CO)[C@@H](O)[C@H](O)[C@H]3O)c3cc(-c4ccccc4O)cc1c23. The lowest BCUT2D eigenvalue weighted by Gasteiger charge is -2.39. The monoisotopic (exact) mass is 466 g/mol. The molecular formula is C25H22O9. The van der Waals surface area contributed by atoms with Gasteiger partial charge in [0.1, 0.15) is 30.2 Å². The number of carbonyl (C=O) groups excluding carboxylic acids is 1. The Morgan fingerprint density at radius 3 is 2.38 bits per heavy atom. The normalized spacial score (nSPS) is 26.1. The van der Waals surface area contributed by atoms with E-state index in [0.29, 0.717) is 33.0 Å². The van der Waals surface area contributed by atoms with Crippen LogP contribution >= 0.6 is 0 Å². The Bertz CT molecular complexity index is 1310. The van der Waals surface area contributed by atoms with Crippen molar-refractivity contribution >= 4 is 22.6 Å². The molecule has 34 heavy (non-hydrogen) atoms. The quantitative estimate of drug-likeness (QED) is 0.334. The first-order chi connectivity index (χ1) is 16.3. The fourth-order valence-electron chi connectivity index (χ4n) is 4.41. The number of hydrogen-bond donors (Lipinski definition) is 6. The van der Waals surface area contributed by atoms with Crippen LogP contribution in [0.2, 0.25) is 0 Å². The van der Waals surface area contributed by atoms with Crippen LogP contribution in [-0.4, -0.2) is 73.7 Å². The van der Waals surface area contributed by atoms with Crippen molar-refractivity contribution in [2.24, 2.45) is 0 Å². The molecule has 0 amide bonds. The molecule has 3 aromatic rings. The Balaban J connectivity index is 1.69. The highest BCUT2D eigenvalue weighted by Crippen LogP contribution is 2.45. The van der Waals surface area contributed by atoms with Gasteiger partial charge in [-0.3, -0.25) is 4.79 Å². The zero-order valence-electron chi connectivity index (χ0n) is 17.7. The predicted octanol–water partition coefficient (Wildman–Crippen LogP) is 1.31. The number of para-hydroxylation sites is 1. The summed E-state index contributed by atoms with van der Waals surface area (Å²) in [5.74, 6) is -0.743. The summed E-state index contributed by atoms with van der Waals surface area (Å²) in [6.07, 6.45) is -4.73. The summed E-state index contributed by atoms with van der Waals surface area (Å²) in [6.45, 7) is -0.642. The van der Waals surface area contributed by atoms with Crippen LogP contribution in [0.25, 0.3) is 28.0 Å². The van der Waals surface area contributed by atoms with Crippen LogP contribution in [-0.2, 0) is 4.74 Å². The second kappa shape index (κ2) is 8.39. The number of aliphatic hydroxyl groups excluding tert-OH is 4. The molecule has 1 aliphatic carbocycles. The van der Waals surface area contributed by atoms with Crippen molar-refractivity contribution in [3.63, 3.8) is 0 Å². The van der Waals surface area contributed by atoms with E-state index in [0.717, 1.165) is 0 Å². The molecule has 6 N–H and O–H groups in total. The minimum Gasteiger partial charge on any atom is -0.507 e. The first-order valence-electron chi connectivity index (χ1n) is 10.6. The Labute approximate surface area is 193 Å². The number of aliphatic hydroxyl groups is 4. The molecule has 1 saturated heterocycles. The lowest BCUT2D eigenvalue weighted by Crippen LogP contribution is -2.60. The number of benzene rings is 3. The zero-order valence-corrected chi connectivity index (χ0v) is 17.7. The van der Waals surface area contributed by atoms with E-state index in [2.05, 4.69) is 0 Å². The van der Waals surface area contributed by atoms with Gasteiger partial charge in [0, 0.05) is 21.9 Å². The van der Waals surface area contributed by atoms with E-state index < -0.39 is 37.3 Å². The second-order valence-corrected chi connectivity index (χ2v) is 8.29. The molecule has 1 aliphatic heterocycles. The average Bonchev–Trinajstić information content (AvgIpc) is 2.83. The molecule has 0 aromatic heterocycles. The fourth-order valence-corrected chi connectivity index (χ4v) is 4.41. The third-order valence-electron chi connectivity index (χ3n) is 6.17. The molecule has 176 valence electrons. The molecule has 0 saturated carbocycles. The van der Waals surface area contributed by atoms with E-state index in [9.17, 15) is 35.4 Å². The van der Waals surface area contributed by atoms with Gasteiger partial charge in [-0.25, -0.2) is 0 Å². The summed E-state index contributed by atoms with van der Waals surface area (Å²) in [4.78, 5) is 12.7. The number of phenolic OH excluding ortho intramolecular Hbond substituents is 2. The van der Waals surface area contributed by atoms with Crippen molar-refractivity contribution in [3.8, 4) is 28.4 Å². The molecule has 2 aliphatic rings. The van der Waals surface area contributed by atoms with Crippen LogP contribution < -0.4 is 4.74 Å². The maximum atomic E-state index is 12.7. The van der Waals surface area contributed by atoms with Crippen molar-refractivity contribution in [2.45, 2.75) is 30.7 Å². The minimum atomic E-state index is -1.69. The molecule has 5 rings (SSSR count). The van der Waals surface area contributed by atoms with Crippen LogP contribution in [0.4, 0.5) is 0 Å². The maximum absolute atomic E-state index is 12.7. The van der Waals surface area contributed by atoms with E-state index in [4.69, 9.17) is 9.47 Å². The molecule has 1 fully saturated rings. The van der Waals surface area contributed by atoms with Crippen LogP contribution in [0.3, 0.4) is 0 Å². The van der Waals surface area contributed by atoms with Gasteiger partial charge in [0.05, 0.1) is 6.61 Å². The highest BCUT2D eigenvalue weighted by molar-refractivity contribution is 6.22. The molecule has 3 aromatic carbocycles. The lowest BCUT2D eigenvalue weighted by atomic mass is 9.88. The smallest absolute Gasteiger partial charge is 0.229 e. The molecule has 0 radical (unpaired) electrons.